The van der Waals surface area contributed by atoms with E-state index in [4.69, 9.17) is 11.6 Å². The van der Waals surface area contributed by atoms with E-state index in [0.717, 1.165) is 6.42 Å². The zero-order chi connectivity index (χ0) is 19.7. The summed E-state index contributed by atoms with van der Waals surface area (Å²) in [5.74, 6) is -0.698. The molecule has 6 nitrogen and oxygen atoms in total. The fourth-order valence-electron chi connectivity index (χ4n) is 3.20. The summed E-state index contributed by atoms with van der Waals surface area (Å²) in [6.45, 7) is 0.639. The Labute approximate surface area is 165 Å². The van der Waals surface area contributed by atoms with Crippen molar-refractivity contribution in [2.75, 3.05) is 16.8 Å². The van der Waals surface area contributed by atoms with Crippen molar-refractivity contribution in [2.24, 2.45) is 0 Å². The van der Waals surface area contributed by atoms with Crippen molar-refractivity contribution in [1.29, 1.82) is 0 Å². The zero-order valence-electron chi connectivity index (χ0n) is 14.7. The third-order valence-corrected chi connectivity index (χ3v) is 4.89. The van der Waals surface area contributed by atoms with Crippen LogP contribution in [0.2, 0.25) is 5.02 Å². The Kier molecular flexibility index (Phi) is 4.83. The van der Waals surface area contributed by atoms with Crippen LogP contribution in [-0.4, -0.2) is 28.6 Å². The van der Waals surface area contributed by atoms with Gasteiger partial charge in [0.15, 0.2) is 0 Å². The Balaban J connectivity index is 1.55. The van der Waals surface area contributed by atoms with Crippen LogP contribution in [0.1, 0.15) is 23.2 Å². The smallest absolute Gasteiger partial charge is 0.259 e. The number of hydrogen-bond acceptors (Lipinski definition) is 3. The lowest BCUT2D eigenvalue weighted by molar-refractivity contribution is -0.117. The molecular weight excluding hydrogens is 383 g/mol. The maximum absolute atomic E-state index is 13.1. The molecule has 0 spiro atoms. The second kappa shape index (κ2) is 7.44. The number of aromatic nitrogens is 2. The highest BCUT2D eigenvalue weighted by molar-refractivity contribution is 6.34. The summed E-state index contributed by atoms with van der Waals surface area (Å²) in [5.41, 5.74) is 2.59. The van der Waals surface area contributed by atoms with Crippen molar-refractivity contribution >= 4 is 34.8 Å². The van der Waals surface area contributed by atoms with Crippen LogP contribution in [0.5, 0.6) is 0 Å². The van der Waals surface area contributed by atoms with Gasteiger partial charge in [-0.15, -0.1) is 0 Å². The lowest BCUT2D eigenvalue weighted by Crippen LogP contribution is -2.24. The number of nitrogens with zero attached hydrogens (tertiary/aromatic N) is 2. The van der Waals surface area contributed by atoms with Crippen molar-refractivity contribution in [3.63, 3.8) is 0 Å². The summed E-state index contributed by atoms with van der Waals surface area (Å²) in [4.78, 5) is 26.2. The second-order valence-corrected chi connectivity index (χ2v) is 6.84. The highest BCUT2D eigenvalue weighted by Crippen LogP contribution is 2.32. The summed E-state index contributed by atoms with van der Waals surface area (Å²) < 4.78 is 13.1. The zero-order valence-corrected chi connectivity index (χ0v) is 15.5. The summed E-state index contributed by atoms with van der Waals surface area (Å²) >= 11 is 6.33. The molecule has 4 rings (SSSR count). The molecule has 1 aromatic heterocycles. The highest BCUT2D eigenvalue weighted by atomic mass is 35.5. The molecule has 2 N–H and O–H groups in total. The predicted molar refractivity (Wildman–Crippen MR) is 105 cm³/mol. The molecule has 2 amide bonds. The van der Waals surface area contributed by atoms with Gasteiger partial charge in [0.1, 0.15) is 5.82 Å². The van der Waals surface area contributed by atoms with Crippen LogP contribution in [0.25, 0.3) is 11.3 Å². The number of carbonyl (C=O) groups is 2. The Morgan fingerprint density at radius 2 is 2.00 bits per heavy atom. The average Bonchev–Trinajstić information content (AvgIpc) is 3.32. The molecule has 1 aliphatic heterocycles. The van der Waals surface area contributed by atoms with Gasteiger partial charge in [-0.2, -0.15) is 5.10 Å². The largest absolute Gasteiger partial charge is 0.322 e. The normalized spacial score (nSPS) is 13.8. The summed E-state index contributed by atoms with van der Waals surface area (Å²) in [6.07, 6.45) is 2.73. The lowest BCUT2D eigenvalue weighted by Gasteiger charge is -2.18. The minimum absolute atomic E-state index is 0.0426. The summed E-state index contributed by atoms with van der Waals surface area (Å²) in [5, 5.41) is 9.86. The Morgan fingerprint density at radius 1 is 1.21 bits per heavy atom. The number of hydrogen-bond donors (Lipinski definition) is 2. The van der Waals surface area contributed by atoms with E-state index < -0.39 is 0 Å². The van der Waals surface area contributed by atoms with Gasteiger partial charge in [-0.1, -0.05) is 11.6 Å². The molecule has 28 heavy (non-hydrogen) atoms. The van der Waals surface area contributed by atoms with Crippen LogP contribution >= 0.6 is 11.6 Å². The van der Waals surface area contributed by atoms with Gasteiger partial charge in [0, 0.05) is 24.2 Å². The number of rotatable bonds is 4. The molecule has 8 heteroatoms. The molecule has 1 aliphatic rings. The number of benzene rings is 2. The SMILES string of the molecule is O=C(Nc1ccc(N2CCCC2=O)c(Cl)c1)c1cn[nH]c1-c1ccc(F)cc1. The van der Waals surface area contributed by atoms with Crippen LogP contribution in [0, 0.1) is 5.82 Å². The molecule has 2 heterocycles. The Bertz CT molecular complexity index is 1050. The first-order valence-electron chi connectivity index (χ1n) is 8.73. The summed E-state index contributed by atoms with van der Waals surface area (Å²) in [7, 11) is 0. The van der Waals surface area contributed by atoms with Gasteiger partial charge in [0.25, 0.3) is 5.91 Å². The number of carbonyl (C=O) groups excluding carboxylic acids is 2. The molecule has 0 atom stereocenters. The van der Waals surface area contributed by atoms with Gasteiger partial charge < -0.3 is 10.2 Å². The monoisotopic (exact) mass is 398 g/mol. The van der Waals surface area contributed by atoms with Gasteiger partial charge in [0.05, 0.1) is 28.2 Å². The van der Waals surface area contributed by atoms with E-state index in [1.54, 1.807) is 35.2 Å². The van der Waals surface area contributed by atoms with E-state index in [9.17, 15) is 14.0 Å². The molecule has 2 aromatic carbocycles. The molecule has 1 saturated heterocycles. The predicted octanol–water partition coefficient (Wildman–Crippen LogP) is 4.25. The van der Waals surface area contributed by atoms with E-state index >= 15 is 0 Å². The van der Waals surface area contributed by atoms with Crippen LogP contribution in [0.3, 0.4) is 0 Å². The number of halogens is 2. The molecule has 0 radical (unpaired) electrons. The first kappa shape index (κ1) is 18.2. The maximum atomic E-state index is 13.1. The molecular formula is C20H16ClFN4O2. The van der Waals surface area contributed by atoms with Gasteiger partial charge in [-0.05, 0) is 48.9 Å². The minimum atomic E-state index is -0.380. The fraction of sp³-hybridized carbons (Fsp3) is 0.150. The van der Waals surface area contributed by atoms with Gasteiger partial charge in [0.2, 0.25) is 5.91 Å². The molecule has 3 aromatic rings. The highest BCUT2D eigenvalue weighted by Gasteiger charge is 2.24. The lowest BCUT2D eigenvalue weighted by atomic mass is 10.1. The van der Waals surface area contributed by atoms with Crippen molar-refractivity contribution in [2.45, 2.75) is 12.8 Å². The maximum Gasteiger partial charge on any atom is 0.259 e. The average molecular weight is 399 g/mol. The van der Waals surface area contributed by atoms with Crippen molar-refractivity contribution in [3.05, 3.63) is 65.1 Å². The van der Waals surface area contributed by atoms with E-state index in [2.05, 4.69) is 15.5 Å². The number of anilines is 2. The van der Waals surface area contributed by atoms with E-state index in [0.29, 0.717) is 46.2 Å². The first-order chi connectivity index (χ1) is 13.5. The van der Waals surface area contributed by atoms with E-state index in [1.807, 2.05) is 0 Å². The van der Waals surface area contributed by atoms with Crippen molar-refractivity contribution < 1.29 is 14.0 Å². The standard InChI is InChI=1S/C20H16ClFN4O2/c21-16-10-14(7-8-17(16)26-9-1-2-18(26)27)24-20(28)15-11-23-25-19(15)12-3-5-13(22)6-4-12/h3-8,10-11H,1-2,9H2,(H,23,25)(H,24,28). The number of amides is 2. The summed E-state index contributed by atoms with van der Waals surface area (Å²) in [6, 6.07) is 10.8. The third-order valence-electron chi connectivity index (χ3n) is 4.59. The topological polar surface area (TPSA) is 78.1 Å². The van der Waals surface area contributed by atoms with Crippen LogP contribution in [-0.2, 0) is 4.79 Å². The third kappa shape index (κ3) is 3.48. The van der Waals surface area contributed by atoms with Crippen LogP contribution in [0.15, 0.2) is 48.7 Å². The number of nitrogens with one attached hydrogen (secondary N) is 2. The first-order valence-corrected chi connectivity index (χ1v) is 9.11. The van der Waals surface area contributed by atoms with Crippen molar-refractivity contribution in [3.8, 4) is 11.3 Å². The van der Waals surface area contributed by atoms with Gasteiger partial charge in [-0.25, -0.2) is 4.39 Å². The Morgan fingerprint density at radius 3 is 2.68 bits per heavy atom. The quantitative estimate of drug-likeness (QED) is 0.689. The van der Waals surface area contributed by atoms with Crippen molar-refractivity contribution in [1.82, 2.24) is 10.2 Å². The molecule has 142 valence electrons. The molecule has 0 aliphatic carbocycles. The Hall–Kier alpha value is -3.19. The fourth-order valence-corrected chi connectivity index (χ4v) is 3.48. The minimum Gasteiger partial charge on any atom is -0.322 e. The van der Waals surface area contributed by atoms with E-state index in [1.165, 1.54) is 18.3 Å². The molecule has 0 bridgehead atoms. The second-order valence-electron chi connectivity index (χ2n) is 6.43. The molecule has 0 saturated carbocycles. The molecule has 1 fully saturated rings. The number of H-pyrrole nitrogens is 1. The van der Waals surface area contributed by atoms with Crippen LogP contribution in [0.4, 0.5) is 15.8 Å². The number of aromatic amines is 1. The van der Waals surface area contributed by atoms with Crippen LogP contribution < -0.4 is 10.2 Å². The van der Waals surface area contributed by atoms with E-state index in [-0.39, 0.29) is 17.6 Å². The molecule has 0 unspecified atom stereocenters. The van der Waals surface area contributed by atoms with Gasteiger partial charge >= 0.3 is 0 Å². The van der Waals surface area contributed by atoms with Gasteiger partial charge in [-0.3, -0.25) is 14.7 Å².